The highest BCUT2D eigenvalue weighted by atomic mass is 32.1. The monoisotopic (exact) mass is 295 g/mol. The van der Waals surface area contributed by atoms with Gasteiger partial charge in [0.2, 0.25) is 5.13 Å². The average Bonchev–Trinajstić information content (AvgIpc) is 2.85. The molecule has 0 aliphatic heterocycles. The van der Waals surface area contributed by atoms with Gasteiger partial charge in [0.15, 0.2) is 3.95 Å². The third-order valence-electron chi connectivity index (χ3n) is 3.10. The Morgan fingerprint density at radius 2 is 2.21 bits per heavy atom. The Kier molecular flexibility index (Phi) is 4.55. The molecule has 2 aromatic rings. The second-order valence-electron chi connectivity index (χ2n) is 4.37. The van der Waals surface area contributed by atoms with Crippen LogP contribution in [-0.2, 0) is 6.42 Å². The SMILES string of the molecule is COc1ccccc1CC(C)N(C)c1n[nH]c(=S)s1. The van der Waals surface area contributed by atoms with Crippen molar-refractivity contribution in [3.8, 4) is 5.75 Å². The molecule has 0 aliphatic carbocycles. The molecule has 0 spiro atoms. The standard InChI is InChI=1S/C13H17N3OS2/c1-9(16(2)12-14-15-13(18)19-12)8-10-6-4-5-7-11(10)17-3/h4-7,9H,8H2,1-3H3,(H,15,18). The Morgan fingerprint density at radius 1 is 1.47 bits per heavy atom. The van der Waals surface area contributed by atoms with Crippen LogP contribution in [0.25, 0.3) is 0 Å². The smallest absolute Gasteiger partial charge is 0.206 e. The van der Waals surface area contributed by atoms with Crippen molar-refractivity contribution in [2.45, 2.75) is 19.4 Å². The number of anilines is 1. The van der Waals surface area contributed by atoms with Crippen LogP contribution in [0.3, 0.4) is 0 Å². The minimum atomic E-state index is 0.310. The van der Waals surface area contributed by atoms with E-state index in [0.717, 1.165) is 17.3 Å². The highest BCUT2D eigenvalue weighted by molar-refractivity contribution is 7.73. The summed E-state index contributed by atoms with van der Waals surface area (Å²) in [5, 5.41) is 7.92. The van der Waals surface area contributed by atoms with E-state index in [0.29, 0.717) is 10.00 Å². The van der Waals surface area contributed by atoms with E-state index >= 15 is 0 Å². The molecule has 0 amide bonds. The number of hydrogen-bond donors (Lipinski definition) is 1. The molecule has 0 saturated carbocycles. The first-order valence-corrected chi connectivity index (χ1v) is 7.24. The van der Waals surface area contributed by atoms with E-state index in [1.165, 1.54) is 16.9 Å². The number of aromatic amines is 1. The zero-order chi connectivity index (χ0) is 13.8. The van der Waals surface area contributed by atoms with Gasteiger partial charge in [-0.05, 0) is 37.2 Å². The molecule has 0 bridgehead atoms. The molecule has 1 unspecified atom stereocenters. The Bertz CT molecular complexity index is 593. The number of likely N-dealkylation sites (N-methyl/N-ethyl adjacent to an activating group) is 1. The third-order valence-corrected chi connectivity index (χ3v) is 4.28. The molecule has 1 heterocycles. The van der Waals surface area contributed by atoms with Crippen LogP contribution in [-0.4, -0.2) is 30.4 Å². The van der Waals surface area contributed by atoms with Gasteiger partial charge < -0.3 is 9.64 Å². The number of nitrogens with one attached hydrogen (secondary N) is 1. The lowest BCUT2D eigenvalue weighted by Gasteiger charge is -2.24. The molecule has 19 heavy (non-hydrogen) atoms. The van der Waals surface area contributed by atoms with E-state index in [9.17, 15) is 0 Å². The number of H-pyrrole nitrogens is 1. The predicted octanol–water partition coefficient (Wildman–Crippen LogP) is 3.28. The summed E-state index contributed by atoms with van der Waals surface area (Å²) in [6.45, 7) is 2.16. The largest absolute Gasteiger partial charge is 0.496 e. The van der Waals surface area contributed by atoms with Gasteiger partial charge in [-0.15, -0.1) is 5.10 Å². The van der Waals surface area contributed by atoms with E-state index in [-0.39, 0.29) is 0 Å². The van der Waals surface area contributed by atoms with Crippen molar-refractivity contribution in [2.24, 2.45) is 0 Å². The van der Waals surface area contributed by atoms with Crippen molar-refractivity contribution < 1.29 is 4.74 Å². The van der Waals surface area contributed by atoms with Gasteiger partial charge in [0.1, 0.15) is 5.75 Å². The lowest BCUT2D eigenvalue weighted by molar-refractivity contribution is 0.408. The number of hydrogen-bond acceptors (Lipinski definition) is 5. The van der Waals surface area contributed by atoms with Crippen molar-refractivity contribution in [1.29, 1.82) is 0 Å². The summed E-state index contributed by atoms with van der Waals surface area (Å²) in [4.78, 5) is 2.13. The quantitative estimate of drug-likeness (QED) is 0.860. The molecular weight excluding hydrogens is 278 g/mol. The van der Waals surface area contributed by atoms with Gasteiger partial charge >= 0.3 is 0 Å². The van der Waals surface area contributed by atoms with Crippen LogP contribution < -0.4 is 9.64 Å². The summed E-state index contributed by atoms with van der Waals surface area (Å²) < 4.78 is 6.08. The first-order valence-electron chi connectivity index (χ1n) is 6.02. The number of rotatable bonds is 5. The predicted molar refractivity (Wildman–Crippen MR) is 81.9 cm³/mol. The van der Waals surface area contributed by atoms with Gasteiger partial charge in [0, 0.05) is 13.1 Å². The molecule has 0 saturated heterocycles. The number of ether oxygens (including phenoxy) is 1. The van der Waals surface area contributed by atoms with Crippen molar-refractivity contribution in [1.82, 2.24) is 10.2 Å². The lowest BCUT2D eigenvalue weighted by atomic mass is 10.1. The number of benzene rings is 1. The molecule has 6 heteroatoms. The third kappa shape index (κ3) is 3.33. The molecule has 102 valence electrons. The van der Waals surface area contributed by atoms with Crippen LogP contribution in [0.15, 0.2) is 24.3 Å². The summed E-state index contributed by atoms with van der Waals surface area (Å²) in [6.07, 6.45) is 0.896. The van der Waals surface area contributed by atoms with E-state index in [2.05, 4.69) is 28.1 Å². The van der Waals surface area contributed by atoms with Crippen LogP contribution in [0.4, 0.5) is 5.13 Å². The summed E-state index contributed by atoms with van der Waals surface area (Å²) >= 11 is 6.55. The Morgan fingerprint density at radius 3 is 2.84 bits per heavy atom. The van der Waals surface area contributed by atoms with Gasteiger partial charge in [-0.25, -0.2) is 0 Å². The molecular formula is C13H17N3OS2. The summed E-state index contributed by atoms with van der Waals surface area (Å²) in [5.41, 5.74) is 1.20. The van der Waals surface area contributed by atoms with Crippen molar-refractivity contribution >= 4 is 28.7 Å². The number of methoxy groups -OCH3 is 1. The van der Waals surface area contributed by atoms with Gasteiger partial charge in [0.05, 0.1) is 7.11 Å². The van der Waals surface area contributed by atoms with Crippen LogP contribution >= 0.6 is 23.6 Å². The zero-order valence-electron chi connectivity index (χ0n) is 11.2. The second-order valence-corrected chi connectivity index (χ2v) is 6.02. The zero-order valence-corrected chi connectivity index (χ0v) is 12.8. The van der Waals surface area contributed by atoms with Crippen LogP contribution in [0, 0.1) is 3.95 Å². The number of aromatic nitrogens is 2. The highest BCUT2D eigenvalue weighted by Gasteiger charge is 2.15. The van der Waals surface area contributed by atoms with E-state index in [4.69, 9.17) is 17.0 Å². The maximum atomic E-state index is 5.38. The highest BCUT2D eigenvalue weighted by Crippen LogP contribution is 2.23. The minimum absolute atomic E-state index is 0.310. The maximum absolute atomic E-state index is 5.38. The normalized spacial score (nSPS) is 12.2. The number of nitrogens with zero attached hydrogens (tertiary/aromatic N) is 2. The average molecular weight is 295 g/mol. The first kappa shape index (κ1) is 14.0. The molecule has 4 nitrogen and oxygen atoms in total. The van der Waals surface area contributed by atoms with Crippen LogP contribution in [0.2, 0.25) is 0 Å². The molecule has 1 aromatic carbocycles. The Hall–Kier alpha value is -1.40. The molecule has 0 fully saturated rings. The second kappa shape index (κ2) is 6.16. The van der Waals surface area contributed by atoms with Gasteiger partial charge in [0.25, 0.3) is 0 Å². The maximum Gasteiger partial charge on any atom is 0.206 e. The summed E-state index contributed by atoms with van der Waals surface area (Å²) in [7, 11) is 3.73. The Balaban J connectivity index is 2.12. The van der Waals surface area contributed by atoms with E-state index < -0.39 is 0 Å². The topological polar surface area (TPSA) is 41.1 Å². The fourth-order valence-electron chi connectivity index (χ4n) is 1.89. The summed E-state index contributed by atoms with van der Waals surface area (Å²) in [6, 6.07) is 8.40. The van der Waals surface area contributed by atoms with Gasteiger partial charge in [-0.1, -0.05) is 29.5 Å². The van der Waals surface area contributed by atoms with Crippen LogP contribution in [0.1, 0.15) is 12.5 Å². The molecule has 2 rings (SSSR count). The molecule has 0 aliphatic rings. The first-order chi connectivity index (χ1) is 9.11. The molecule has 0 radical (unpaired) electrons. The van der Waals surface area contributed by atoms with Crippen LogP contribution in [0.5, 0.6) is 5.75 Å². The van der Waals surface area contributed by atoms with E-state index in [1.54, 1.807) is 7.11 Å². The van der Waals surface area contributed by atoms with Gasteiger partial charge in [-0.2, -0.15) is 0 Å². The number of para-hydroxylation sites is 1. The minimum Gasteiger partial charge on any atom is -0.496 e. The van der Waals surface area contributed by atoms with Crippen molar-refractivity contribution in [2.75, 3.05) is 19.1 Å². The molecule has 1 N–H and O–H groups in total. The van der Waals surface area contributed by atoms with Crippen molar-refractivity contribution in [3.05, 3.63) is 33.8 Å². The summed E-state index contributed by atoms with van der Waals surface area (Å²) in [5.74, 6) is 0.928. The molecule has 1 aromatic heterocycles. The van der Waals surface area contributed by atoms with Crippen molar-refractivity contribution in [3.63, 3.8) is 0 Å². The fourth-order valence-corrected chi connectivity index (χ4v) is 2.83. The van der Waals surface area contributed by atoms with Gasteiger partial charge in [-0.3, -0.25) is 5.10 Å². The van der Waals surface area contributed by atoms with E-state index in [1.807, 2.05) is 25.2 Å². The fraction of sp³-hybridized carbons (Fsp3) is 0.385. The molecule has 1 atom stereocenters. The Labute approximate surface area is 122 Å². The lowest BCUT2D eigenvalue weighted by Crippen LogP contribution is -2.30.